The predicted octanol–water partition coefficient (Wildman–Crippen LogP) is 3.96. The van der Waals surface area contributed by atoms with Crippen LogP contribution in [0.25, 0.3) is 5.69 Å². The summed E-state index contributed by atoms with van der Waals surface area (Å²) in [5.41, 5.74) is 5.28. The van der Waals surface area contributed by atoms with E-state index in [0.29, 0.717) is 6.04 Å². The van der Waals surface area contributed by atoms with Crippen molar-refractivity contribution in [3.63, 3.8) is 0 Å². The van der Waals surface area contributed by atoms with Gasteiger partial charge in [-0.15, -0.1) is 0 Å². The van der Waals surface area contributed by atoms with E-state index in [4.69, 9.17) is 5.10 Å². The Bertz CT molecular complexity index is 879. The maximum atomic E-state index is 12.4. The quantitative estimate of drug-likeness (QED) is 0.768. The summed E-state index contributed by atoms with van der Waals surface area (Å²) in [5.74, 6) is 0. The van der Waals surface area contributed by atoms with Gasteiger partial charge in [-0.1, -0.05) is 37.5 Å². The van der Waals surface area contributed by atoms with E-state index in [1.54, 1.807) is 0 Å². The number of benzene rings is 1. The summed E-state index contributed by atoms with van der Waals surface area (Å²) in [6.07, 6.45) is 11.6. The fraction of sp³-hybridized carbons (Fsp3) is 0.600. The molecule has 0 bridgehead atoms. The van der Waals surface area contributed by atoms with Crippen molar-refractivity contribution in [1.82, 2.24) is 25.3 Å². The molecule has 0 spiro atoms. The topological polar surface area (TPSA) is 62.2 Å². The van der Waals surface area contributed by atoms with Crippen molar-refractivity contribution in [1.29, 1.82) is 0 Å². The largest absolute Gasteiger partial charge is 0.335 e. The molecule has 31 heavy (non-hydrogen) atoms. The molecule has 2 amide bonds. The number of fused-ring (bicyclic) bond motifs is 1. The van der Waals surface area contributed by atoms with Crippen LogP contribution in [0, 0.1) is 0 Å². The first-order valence-electron chi connectivity index (χ1n) is 12.2. The van der Waals surface area contributed by atoms with E-state index in [2.05, 4.69) is 50.5 Å². The monoisotopic (exact) mass is 421 g/mol. The van der Waals surface area contributed by atoms with Gasteiger partial charge in [0.1, 0.15) is 0 Å². The second-order valence-corrected chi connectivity index (χ2v) is 9.48. The molecule has 1 saturated heterocycles. The first kappa shape index (κ1) is 20.6. The molecule has 2 aliphatic carbocycles. The van der Waals surface area contributed by atoms with Gasteiger partial charge in [0.15, 0.2) is 0 Å². The minimum absolute atomic E-state index is 0.0322. The summed E-state index contributed by atoms with van der Waals surface area (Å²) in [7, 11) is 0. The molecule has 6 nitrogen and oxygen atoms in total. The molecular weight excluding hydrogens is 386 g/mol. The average molecular weight is 422 g/mol. The van der Waals surface area contributed by atoms with Crippen LogP contribution in [0.5, 0.6) is 0 Å². The molecule has 1 aliphatic heterocycles. The van der Waals surface area contributed by atoms with Crippen molar-refractivity contribution in [3.05, 3.63) is 47.3 Å². The van der Waals surface area contributed by atoms with Crippen LogP contribution < -0.4 is 10.6 Å². The zero-order valence-corrected chi connectivity index (χ0v) is 18.5. The van der Waals surface area contributed by atoms with E-state index in [9.17, 15) is 4.79 Å². The number of hydrogen-bond acceptors (Lipinski definition) is 3. The Balaban J connectivity index is 1.15. The Morgan fingerprint density at radius 2 is 1.61 bits per heavy atom. The van der Waals surface area contributed by atoms with Crippen LogP contribution in [0.1, 0.15) is 68.3 Å². The number of nitrogens with zero attached hydrogens (tertiary/aromatic N) is 3. The molecule has 3 aliphatic rings. The smallest absolute Gasteiger partial charge is 0.315 e. The van der Waals surface area contributed by atoms with Gasteiger partial charge < -0.3 is 10.6 Å². The number of para-hydroxylation sites is 1. The lowest BCUT2D eigenvalue weighted by Crippen LogP contribution is -2.50. The van der Waals surface area contributed by atoms with Crippen LogP contribution in [0.3, 0.4) is 0 Å². The Hall–Kier alpha value is -2.34. The summed E-state index contributed by atoms with van der Waals surface area (Å²) >= 11 is 0. The average Bonchev–Trinajstić information content (AvgIpc) is 3.40. The number of aromatic nitrogens is 2. The zero-order valence-electron chi connectivity index (χ0n) is 18.5. The van der Waals surface area contributed by atoms with Crippen molar-refractivity contribution in [3.8, 4) is 5.69 Å². The number of nitrogens with one attached hydrogen (secondary N) is 2. The minimum Gasteiger partial charge on any atom is -0.335 e. The van der Waals surface area contributed by atoms with Crippen molar-refractivity contribution in [2.75, 3.05) is 13.1 Å². The summed E-state index contributed by atoms with van der Waals surface area (Å²) in [6, 6.07) is 11.2. The van der Waals surface area contributed by atoms with E-state index in [-0.39, 0.29) is 12.1 Å². The number of amides is 2. The van der Waals surface area contributed by atoms with Gasteiger partial charge >= 0.3 is 6.03 Å². The number of carbonyl (C=O) groups excluding carboxylic acids is 1. The van der Waals surface area contributed by atoms with E-state index in [1.807, 2.05) is 0 Å². The third-order valence-electron chi connectivity index (χ3n) is 7.25. The standard InChI is InChI=1S/C25H35N5O/c31-25(26-19-8-3-1-4-9-19)27-20-14-16-29(17-15-20)18-23-22-12-7-13-24(22)30(28-23)21-10-5-2-6-11-21/h2,5-6,10-11,19-20H,1,3-4,7-9,12-18H2,(H2,26,27,31). The molecule has 0 atom stereocenters. The highest BCUT2D eigenvalue weighted by Crippen LogP contribution is 2.29. The lowest BCUT2D eigenvalue weighted by Gasteiger charge is -2.32. The normalized spacial score (nSPS) is 20.5. The number of rotatable bonds is 5. The molecule has 0 unspecified atom stereocenters. The van der Waals surface area contributed by atoms with E-state index < -0.39 is 0 Å². The van der Waals surface area contributed by atoms with Crippen molar-refractivity contribution in [2.24, 2.45) is 0 Å². The van der Waals surface area contributed by atoms with E-state index in [0.717, 1.165) is 58.2 Å². The third-order valence-corrected chi connectivity index (χ3v) is 7.25. The number of carbonyl (C=O) groups is 1. The Morgan fingerprint density at radius 1 is 0.903 bits per heavy atom. The van der Waals surface area contributed by atoms with E-state index in [1.165, 1.54) is 48.3 Å². The molecule has 5 rings (SSSR count). The highest BCUT2D eigenvalue weighted by atomic mass is 16.2. The van der Waals surface area contributed by atoms with E-state index >= 15 is 0 Å². The lowest BCUT2D eigenvalue weighted by atomic mass is 9.96. The van der Waals surface area contributed by atoms with Crippen LogP contribution in [-0.2, 0) is 19.4 Å². The molecule has 2 aromatic rings. The first-order chi connectivity index (χ1) is 15.3. The van der Waals surface area contributed by atoms with Crippen LogP contribution in [0.2, 0.25) is 0 Å². The molecule has 166 valence electrons. The van der Waals surface area contributed by atoms with Gasteiger partial charge in [-0.3, -0.25) is 4.90 Å². The van der Waals surface area contributed by atoms with Crippen LogP contribution in [-0.4, -0.2) is 45.9 Å². The van der Waals surface area contributed by atoms with Gasteiger partial charge in [-0.2, -0.15) is 5.10 Å². The first-order valence-corrected chi connectivity index (χ1v) is 12.2. The number of urea groups is 1. The molecule has 0 radical (unpaired) electrons. The highest BCUT2D eigenvalue weighted by molar-refractivity contribution is 5.74. The van der Waals surface area contributed by atoms with Gasteiger partial charge in [0.05, 0.1) is 11.4 Å². The van der Waals surface area contributed by atoms with Gasteiger partial charge in [0, 0.05) is 37.4 Å². The summed E-state index contributed by atoms with van der Waals surface area (Å²) in [6.45, 7) is 2.95. The Kier molecular flexibility index (Phi) is 6.25. The molecule has 6 heteroatoms. The third kappa shape index (κ3) is 4.79. The molecule has 1 aromatic heterocycles. The molecule has 2 heterocycles. The van der Waals surface area contributed by atoms with Gasteiger partial charge in [-0.05, 0) is 62.6 Å². The lowest BCUT2D eigenvalue weighted by molar-refractivity contribution is 0.183. The Morgan fingerprint density at radius 3 is 2.35 bits per heavy atom. The summed E-state index contributed by atoms with van der Waals surface area (Å²) in [4.78, 5) is 14.9. The fourth-order valence-corrected chi connectivity index (χ4v) is 5.53. The minimum atomic E-state index is 0.0322. The van der Waals surface area contributed by atoms with Crippen molar-refractivity contribution < 1.29 is 4.79 Å². The summed E-state index contributed by atoms with van der Waals surface area (Å²) in [5, 5.41) is 11.4. The molecule has 2 fully saturated rings. The number of piperidine rings is 1. The highest BCUT2D eigenvalue weighted by Gasteiger charge is 2.27. The van der Waals surface area contributed by atoms with Gasteiger partial charge in [0.25, 0.3) is 0 Å². The van der Waals surface area contributed by atoms with Crippen molar-refractivity contribution >= 4 is 6.03 Å². The van der Waals surface area contributed by atoms with Crippen LogP contribution in [0.4, 0.5) is 4.79 Å². The number of hydrogen-bond donors (Lipinski definition) is 2. The molecule has 1 saturated carbocycles. The van der Waals surface area contributed by atoms with Crippen LogP contribution >= 0.6 is 0 Å². The second-order valence-electron chi connectivity index (χ2n) is 9.48. The SMILES string of the molecule is O=C(NC1CCCCC1)NC1CCN(Cc2nn(-c3ccccc3)c3c2CCC3)CC1. The predicted molar refractivity (Wildman–Crippen MR) is 122 cm³/mol. The maximum absolute atomic E-state index is 12.4. The van der Waals surface area contributed by atoms with Gasteiger partial charge in [0.2, 0.25) is 0 Å². The maximum Gasteiger partial charge on any atom is 0.315 e. The fourth-order valence-electron chi connectivity index (χ4n) is 5.53. The number of likely N-dealkylation sites (tertiary alicyclic amines) is 1. The Labute approximate surface area is 185 Å². The van der Waals surface area contributed by atoms with Gasteiger partial charge in [-0.25, -0.2) is 9.48 Å². The van der Waals surface area contributed by atoms with Crippen LogP contribution in [0.15, 0.2) is 30.3 Å². The molecule has 1 aromatic carbocycles. The zero-order chi connectivity index (χ0) is 21.0. The second kappa shape index (κ2) is 9.43. The van der Waals surface area contributed by atoms with Crippen molar-refractivity contribution in [2.45, 2.75) is 82.8 Å². The molecule has 2 N–H and O–H groups in total. The summed E-state index contributed by atoms with van der Waals surface area (Å²) < 4.78 is 2.17. The molecular formula is C25H35N5O.